The van der Waals surface area contributed by atoms with Gasteiger partial charge in [-0.05, 0) is 50.3 Å². The molecule has 0 radical (unpaired) electrons. The van der Waals surface area contributed by atoms with Crippen molar-refractivity contribution in [3.05, 3.63) is 34.9 Å². The molecule has 1 aliphatic rings. The number of rotatable bonds is 5. The van der Waals surface area contributed by atoms with Crippen LogP contribution < -0.4 is 11.1 Å². The Balaban J connectivity index is 2.19. The lowest BCUT2D eigenvalue weighted by Crippen LogP contribution is -2.52. The number of hydrogen-bond donors (Lipinski definition) is 2. The molecular formula is C14H19ClN2O. The van der Waals surface area contributed by atoms with Crippen LogP contribution in [0.4, 0.5) is 0 Å². The fourth-order valence-electron chi connectivity index (χ4n) is 2.03. The van der Waals surface area contributed by atoms with Crippen LogP contribution in [-0.2, 0) is 4.79 Å². The zero-order valence-electron chi connectivity index (χ0n) is 10.7. The summed E-state index contributed by atoms with van der Waals surface area (Å²) in [4.78, 5) is 11.4. The number of nitrogens with two attached hydrogens (primary N) is 1. The van der Waals surface area contributed by atoms with Crippen LogP contribution in [0.1, 0.15) is 38.3 Å². The number of amides is 1. The minimum Gasteiger partial charge on any atom is -0.368 e. The molecule has 1 fully saturated rings. The van der Waals surface area contributed by atoms with Gasteiger partial charge in [0.2, 0.25) is 5.91 Å². The summed E-state index contributed by atoms with van der Waals surface area (Å²) in [6, 6.07) is 7.95. The highest BCUT2D eigenvalue weighted by molar-refractivity contribution is 6.30. The standard InChI is InChI=1S/C14H19ClN2O/c1-14(2,13(16)18)17-12(9-3-4-9)10-5-7-11(15)8-6-10/h5-9,12,17H,3-4H2,1-2H3,(H2,16,18). The summed E-state index contributed by atoms with van der Waals surface area (Å²) in [5.74, 6) is 0.256. The van der Waals surface area contributed by atoms with Gasteiger partial charge < -0.3 is 5.73 Å². The van der Waals surface area contributed by atoms with Crippen molar-refractivity contribution >= 4 is 17.5 Å². The molecule has 0 aliphatic heterocycles. The highest BCUT2D eigenvalue weighted by Crippen LogP contribution is 2.42. The molecule has 0 heterocycles. The minimum atomic E-state index is -0.701. The molecule has 0 saturated heterocycles. The first-order valence-corrected chi connectivity index (χ1v) is 6.61. The summed E-state index contributed by atoms with van der Waals surface area (Å²) in [5.41, 5.74) is 5.88. The molecule has 3 N–H and O–H groups in total. The van der Waals surface area contributed by atoms with Crippen LogP contribution in [0.2, 0.25) is 5.02 Å². The van der Waals surface area contributed by atoms with Crippen LogP contribution in [0.5, 0.6) is 0 Å². The van der Waals surface area contributed by atoms with Gasteiger partial charge in [0.1, 0.15) is 0 Å². The second kappa shape index (κ2) is 4.90. The maximum absolute atomic E-state index is 11.4. The van der Waals surface area contributed by atoms with Crippen molar-refractivity contribution in [3.8, 4) is 0 Å². The topological polar surface area (TPSA) is 55.1 Å². The van der Waals surface area contributed by atoms with Crippen molar-refractivity contribution in [1.82, 2.24) is 5.32 Å². The monoisotopic (exact) mass is 266 g/mol. The van der Waals surface area contributed by atoms with Gasteiger partial charge in [-0.2, -0.15) is 0 Å². The fraction of sp³-hybridized carbons (Fsp3) is 0.500. The summed E-state index contributed by atoms with van der Waals surface area (Å²) in [6.07, 6.45) is 2.38. The first kappa shape index (κ1) is 13.4. The lowest BCUT2D eigenvalue weighted by atomic mass is 9.96. The van der Waals surface area contributed by atoms with Crippen LogP contribution >= 0.6 is 11.6 Å². The predicted molar refractivity (Wildman–Crippen MR) is 73.3 cm³/mol. The third-order valence-corrected chi connectivity index (χ3v) is 3.71. The van der Waals surface area contributed by atoms with E-state index in [0.29, 0.717) is 5.92 Å². The molecule has 1 aromatic carbocycles. The van der Waals surface area contributed by atoms with Gasteiger partial charge in [0.05, 0.1) is 5.54 Å². The SMILES string of the molecule is CC(C)(NC(c1ccc(Cl)cc1)C1CC1)C(N)=O. The average molecular weight is 267 g/mol. The number of nitrogens with one attached hydrogen (secondary N) is 1. The van der Waals surface area contributed by atoms with E-state index in [-0.39, 0.29) is 11.9 Å². The van der Waals surface area contributed by atoms with Gasteiger partial charge in [-0.1, -0.05) is 23.7 Å². The molecule has 0 bridgehead atoms. The van der Waals surface area contributed by atoms with Gasteiger partial charge in [0, 0.05) is 11.1 Å². The number of primary amides is 1. The highest BCUT2D eigenvalue weighted by atomic mass is 35.5. The Kier molecular flexibility index (Phi) is 3.64. The van der Waals surface area contributed by atoms with Gasteiger partial charge >= 0.3 is 0 Å². The van der Waals surface area contributed by atoms with Crippen LogP contribution in [-0.4, -0.2) is 11.4 Å². The molecule has 2 rings (SSSR count). The van der Waals surface area contributed by atoms with Crippen molar-refractivity contribution in [2.45, 2.75) is 38.3 Å². The average Bonchev–Trinajstić information content (AvgIpc) is 3.11. The Bertz CT molecular complexity index is 438. The zero-order valence-corrected chi connectivity index (χ0v) is 11.5. The molecule has 4 heteroatoms. The number of halogens is 1. The second-order valence-electron chi connectivity index (χ2n) is 5.50. The van der Waals surface area contributed by atoms with E-state index in [4.69, 9.17) is 17.3 Å². The van der Waals surface area contributed by atoms with Gasteiger partial charge in [0.15, 0.2) is 0 Å². The molecule has 18 heavy (non-hydrogen) atoms. The van der Waals surface area contributed by atoms with Crippen molar-refractivity contribution < 1.29 is 4.79 Å². The second-order valence-corrected chi connectivity index (χ2v) is 5.94. The Labute approximate surface area is 113 Å². The maximum Gasteiger partial charge on any atom is 0.237 e. The lowest BCUT2D eigenvalue weighted by Gasteiger charge is -2.29. The van der Waals surface area contributed by atoms with Crippen LogP contribution in [0, 0.1) is 5.92 Å². The molecule has 3 nitrogen and oxygen atoms in total. The largest absolute Gasteiger partial charge is 0.368 e. The molecule has 1 aliphatic carbocycles. The molecule has 1 amide bonds. The molecule has 0 spiro atoms. The third kappa shape index (κ3) is 3.03. The number of benzene rings is 1. The quantitative estimate of drug-likeness (QED) is 0.861. The van der Waals surface area contributed by atoms with E-state index in [1.54, 1.807) is 0 Å². The molecule has 1 atom stereocenters. The summed E-state index contributed by atoms with van der Waals surface area (Å²) in [6.45, 7) is 3.64. The van der Waals surface area contributed by atoms with E-state index in [9.17, 15) is 4.79 Å². The summed E-state index contributed by atoms with van der Waals surface area (Å²) >= 11 is 5.90. The maximum atomic E-state index is 11.4. The molecule has 1 aromatic rings. The van der Waals surface area contributed by atoms with Crippen molar-refractivity contribution in [3.63, 3.8) is 0 Å². The smallest absolute Gasteiger partial charge is 0.237 e. The Morgan fingerprint density at radius 1 is 1.39 bits per heavy atom. The Hall–Kier alpha value is -1.06. The molecular weight excluding hydrogens is 248 g/mol. The third-order valence-electron chi connectivity index (χ3n) is 3.45. The van der Waals surface area contributed by atoms with Gasteiger partial charge in [-0.15, -0.1) is 0 Å². The van der Waals surface area contributed by atoms with Gasteiger partial charge in [0.25, 0.3) is 0 Å². The van der Waals surface area contributed by atoms with E-state index < -0.39 is 5.54 Å². The number of carbonyl (C=O) groups is 1. The first-order valence-electron chi connectivity index (χ1n) is 6.23. The Morgan fingerprint density at radius 3 is 2.39 bits per heavy atom. The zero-order chi connectivity index (χ0) is 13.3. The molecule has 1 saturated carbocycles. The van der Waals surface area contributed by atoms with Gasteiger partial charge in [-0.3, -0.25) is 10.1 Å². The van der Waals surface area contributed by atoms with Crippen molar-refractivity contribution in [1.29, 1.82) is 0 Å². The van der Waals surface area contributed by atoms with E-state index in [2.05, 4.69) is 5.32 Å². The predicted octanol–water partition coefficient (Wildman–Crippen LogP) is 2.64. The fourth-order valence-corrected chi connectivity index (χ4v) is 2.16. The summed E-state index contributed by atoms with van der Waals surface area (Å²) in [7, 11) is 0. The van der Waals surface area contributed by atoms with Crippen LogP contribution in [0.25, 0.3) is 0 Å². The molecule has 1 unspecified atom stereocenters. The van der Waals surface area contributed by atoms with Crippen LogP contribution in [0.3, 0.4) is 0 Å². The molecule has 0 aromatic heterocycles. The molecule has 98 valence electrons. The minimum absolute atomic E-state index is 0.171. The highest BCUT2D eigenvalue weighted by Gasteiger charge is 2.37. The Morgan fingerprint density at radius 2 is 1.94 bits per heavy atom. The van der Waals surface area contributed by atoms with Gasteiger partial charge in [-0.25, -0.2) is 0 Å². The number of hydrogen-bond acceptors (Lipinski definition) is 2. The number of carbonyl (C=O) groups excluding carboxylic acids is 1. The van der Waals surface area contributed by atoms with E-state index in [0.717, 1.165) is 10.6 Å². The van der Waals surface area contributed by atoms with Crippen molar-refractivity contribution in [2.24, 2.45) is 11.7 Å². The summed E-state index contributed by atoms with van der Waals surface area (Å²) in [5, 5.41) is 4.10. The normalized spacial score (nSPS) is 17.5. The van der Waals surface area contributed by atoms with Crippen molar-refractivity contribution in [2.75, 3.05) is 0 Å². The van der Waals surface area contributed by atoms with Crippen LogP contribution in [0.15, 0.2) is 24.3 Å². The van der Waals surface area contributed by atoms with E-state index in [1.165, 1.54) is 12.8 Å². The van der Waals surface area contributed by atoms with E-state index in [1.807, 2.05) is 38.1 Å². The van der Waals surface area contributed by atoms with E-state index >= 15 is 0 Å². The first-order chi connectivity index (χ1) is 8.40. The summed E-state index contributed by atoms with van der Waals surface area (Å²) < 4.78 is 0. The lowest BCUT2D eigenvalue weighted by molar-refractivity contribution is -0.123.